The molecule has 0 unspecified atom stereocenters. The summed E-state index contributed by atoms with van der Waals surface area (Å²) in [4.78, 5) is 3.25. The van der Waals surface area contributed by atoms with Gasteiger partial charge in [-0.3, -0.25) is 0 Å². The highest BCUT2D eigenvalue weighted by atomic mass is 14.9. The van der Waals surface area contributed by atoms with Gasteiger partial charge in [-0.1, -0.05) is 6.42 Å². The molecule has 1 saturated carbocycles. The summed E-state index contributed by atoms with van der Waals surface area (Å²) in [7, 11) is 0. The van der Waals surface area contributed by atoms with Crippen LogP contribution in [0.3, 0.4) is 0 Å². The molecule has 1 aliphatic carbocycles. The summed E-state index contributed by atoms with van der Waals surface area (Å²) < 4.78 is 0. The molecule has 1 rings (SSSR count). The van der Waals surface area contributed by atoms with Crippen LogP contribution in [-0.4, -0.2) is 6.04 Å². The zero-order chi connectivity index (χ0) is 5.82. The van der Waals surface area contributed by atoms with E-state index >= 15 is 0 Å². The normalized spacial score (nSPS) is 22.4. The predicted octanol–water partition coefficient (Wildman–Crippen LogP) is 2.17. The molecule has 0 radical (unpaired) electrons. The van der Waals surface area contributed by atoms with Gasteiger partial charge in [-0.05, 0) is 12.8 Å². The molecule has 1 fully saturated rings. The lowest BCUT2D eigenvalue weighted by molar-refractivity contribution is 0.476. The van der Waals surface area contributed by atoms with Crippen LogP contribution in [0.5, 0.6) is 0 Å². The molecule has 0 amide bonds. The summed E-state index contributed by atoms with van der Waals surface area (Å²) in [5.41, 5.74) is 0. The van der Waals surface area contributed by atoms with Crippen LogP contribution >= 0.6 is 0 Å². The standard InChI is InChI=1S/C6H11N2/c7-8-6-4-2-1-3-5-6/h6H,1-5H2/q+1. The summed E-state index contributed by atoms with van der Waals surface area (Å²) in [6, 6.07) is 0.267. The Balaban J connectivity index is 2.25. The molecule has 0 spiro atoms. The molecule has 2 nitrogen and oxygen atoms in total. The van der Waals surface area contributed by atoms with E-state index in [1.807, 2.05) is 0 Å². The van der Waals surface area contributed by atoms with Gasteiger partial charge < -0.3 is 0 Å². The predicted molar refractivity (Wildman–Crippen MR) is 32.0 cm³/mol. The topological polar surface area (TPSA) is 28.1 Å². The van der Waals surface area contributed by atoms with Crippen molar-refractivity contribution >= 4 is 0 Å². The highest BCUT2D eigenvalue weighted by Crippen LogP contribution is 2.19. The molecule has 0 atom stereocenters. The lowest BCUT2D eigenvalue weighted by Gasteiger charge is -2.04. The average molecular weight is 111 g/mol. The van der Waals surface area contributed by atoms with Crippen molar-refractivity contribution in [1.82, 2.24) is 0 Å². The van der Waals surface area contributed by atoms with E-state index in [0.717, 1.165) is 12.8 Å². The average Bonchev–Trinajstić information content (AvgIpc) is 1.90. The van der Waals surface area contributed by atoms with Gasteiger partial charge in [-0.15, -0.1) is 0 Å². The quantitative estimate of drug-likeness (QED) is 0.440. The van der Waals surface area contributed by atoms with E-state index in [4.69, 9.17) is 5.39 Å². The first-order chi connectivity index (χ1) is 3.93. The Kier molecular flexibility index (Phi) is 1.85. The second-order valence-electron chi connectivity index (χ2n) is 2.41. The molecule has 0 aromatic rings. The minimum Gasteiger partial charge on any atom is -0.0527 e. The van der Waals surface area contributed by atoms with Crippen LogP contribution in [0, 0.1) is 5.39 Å². The van der Waals surface area contributed by atoms with Crippen LogP contribution in [0.4, 0.5) is 0 Å². The molecule has 0 heterocycles. The first kappa shape index (κ1) is 5.55. The number of hydrogen-bond donors (Lipinski definition) is 0. The lowest BCUT2D eigenvalue weighted by Crippen LogP contribution is -2.06. The molecule has 0 saturated heterocycles. The summed E-state index contributed by atoms with van der Waals surface area (Å²) in [5, 5.41) is 8.32. The first-order valence-electron chi connectivity index (χ1n) is 3.27. The molecule has 2 heteroatoms. The molecular formula is C6H11N2+. The van der Waals surface area contributed by atoms with E-state index in [0.29, 0.717) is 0 Å². The van der Waals surface area contributed by atoms with E-state index in [1.165, 1.54) is 19.3 Å². The van der Waals surface area contributed by atoms with Crippen molar-refractivity contribution in [3.63, 3.8) is 0 Å². The molecule has 0 N–H and O–H groups in total. The fourth-order valence-electron chi connectivity index (χ4n) is 1.20. The summed E-state index contributed by atoms with van der Waals surface area (Å²) in [5.74, 6) is 0. The van der Waals surface area contributed by atoms with Gasteiger partial charge in [-0.2, -0.15) is 0 Å². The Morgan fingerprint density at radius 1 is 1.12 bits per heavy atom. The Morgan fingerprint density at radius 2 is 1.75 bits per heavy atom. The molecule has 0 aromatic carbocycles. The first-order valence-corrected chi connectivity index (χ1v) is 3.27. The lowest BCUT2D eigenvalue weighted by atomic mass is 9.96. The van der Waals surface area contributed by atoms with Crippen LogP contribution in [0.1, 0.15) is 32.1 Å². The van der Waals surface area contributed by atoms with Gasteiger partial charge in [0, 0.05) is 12.8 Å². The zero-order valence-electron chi connectivity index (χ0n) is 5.01. The van der Waals surface area contributed by atoms with Gasteiger partial charge >= 0.3 is 6.04 Å². The monoisotopic (exact) mass is 111 g/mol. The zero-order valence-corrected chi connectivity index (χ0v) is 5.01. The summed E-state index contributed by atoms with van der Waals surface area (Å²) in [6.45, 7) is 0. The fourth-order valence-corrected chi connectivity index (χ4v) is 1.20. The van der Waals surface area contributed by atoms with Crippen molar-refractivity contribution in [1.29, 1.82) is 5.39 Å². The minimum atomic E-state index is 0.267. The van der Waals surface area contributed by atoms with E-state index in [9.17, 15) is 0 Å². The Morgan fingerprint density at radius 3 is 2.12 bits per heavy atom. The SMILES string of the molecule is N#[N+]C1CCCCC1. The summed E-state index contributed by atoms with van der Waals surface area (Å²) in [6.07, 6.45) is 6.00. The minimum absolute atomic E-state index is 0.267. The van der Waals surface area contributed by atoms with Crippen LogP contribution in [-0.2, 0) is 0 Å². The van der Waals surface area contributed by atoms with Crippen LogP contribution in [0.15, 0.2) is 0 Å². The number of nitrogens with zero attached hydrogens (tertiary/aromatic N) is 2. The van der Waals surface area contributed by atoms with Crippen molar-refractivity contribution in [3.05, 3.63) is 4.98 Å². The van der Waals surface area contributed by atoms with Crippen molar-refractivity contribution in [2.75, 3.05) is 0 Å². The van der Waals surface area contributed by atoms with Gasteiger partial charge in [0.05, 0.1) is 0 Å². The maximum Gasteiger partial charge on any atom is 0.314 e. The molecule has 44 valence electrons. The third-order valence-corrected chi connectivity index (χ3v) is 1.74. The molecule has 0 aromatic heterocycles. The highest BCUT2D eigenvalue weighted by Gasteiger charge is 2.21. The molecule has 0 bridgehead atoms. The van der Waals surface area contributed by atoms with Crippen molar-refractivity contribution in [2.45, 2.75) is 38.1 Å². The van der Waals surface area contributed by atoms with Crippen LogP contribution < -0.4 is 0 Å². The van der Waals surface area contributed by atoms with E-state index in [2.05, 4.69) is 4.98 Å². The van der Waals surface area contributed by atoms with Crippen molar-refractivity contribution in [2.24, 2.45) is 0 Å². The van der Waals surface area contributed by atoms with Gasteiger partial charge in [0.15, 0.2) is 0 Å². The van der Waals surface area contributed by atoms with Gasteiger partial charge in [0.2, 0.25) is 5.39 Å². The number of hydrogen-bond acceptors (Lipinski definition) is 1. The Bertz CT molecular complexity index is 97.6. The van der Waals surface area contributed by atoms with Gasteiger partial charge in [0.25, 0.3) is 0 Å². The second kappa shape index (κ2) is 2.66. The van der Waals surface area contributed by atoms with Crippen molar-refractivity contribution < 1.29 is 0 Å². The van der Waals surface area contributed by atoms with E-state index < -0.39 is 0 Å². The largest absolute Gasteiger partial charge is 0.314 e. The summed E-state index contributed by atoms with van der Waals surface area (Å²) >= 11 is 0. The number of rotatable bonds is 0. The maximum atomic E-state index is 8.32. The van der Waals surface area contributed by atoms with Crippen LogP contribution in [0.2, 0.25) is 0 Å². The fraction of sp³-hybridized carbons (Fsp3) is 1.00. The molecular weight excluding hydrogens is 100 g/mol. The number of diazo groups is 1. The highest BCUT2D eigenvalue weighted by molar-refractivity contribution is 4.78. The van der Waals surface area contributed by atoms with E-state index in [1.54, 1.807) is 0 Å². The van der Waals surface area contributed by atoms with Gasteiger partial charge in [-0.25, -0.2) is 0 Å². The molecule has 1 aliphatic rings. The van der Waals surface area contributed by atoms with Crippen molar-refractivity contribution in [3.8, 4) is 0 Å². The second-order valence-corrected chi connectivity index (χ2v) is 2.41. The molecule has 0 aliphatic heterocycles. The maximum absolute atomic E-state index is 8.32. The Hall–Kier alpha value is -0.580. The Labute approximate surface area is 49.5 Å². The third kappa shape index (κ3) is 1.19. The van der Waals surface area contributed by atoms with Gasteiger partial charge in [0.1, 0.15) is 4.98 Å². The third-order valence-electron chi connectivity index (χ3n) is 1.74. The van der Waals surface area contributed by atoms with Crippen LogP contribution in [0.25, 0.3) is 4.98 Å². The van der Waals surface area contributed by atoms with E-state index in [-0.39, 0.29) is 6.04 Å². The smallest absolute Gasteiger partial charge is 0.0527 e. The molecule has 8 heavy (non-hydrogen) atoms.